The van der Waals surface area contributed by atoms with Crippen molar-refractivity contribution in [3.05, 3.63) is 0 Å². The van der Waals surface area contributed by atoms with Crippen molar-refractivity contribution in [2.24, 2.45) is 5.92 Å². The summed E-state index contributed by atoms with van der Waals surface area (Å²) < 4.78 is 5.56. The number of hydrogen-bond acceptors (Lipinski definition) is 2. The van der Waals surface area contributed by atoms with Crippen molar-refractivity contribution in [2.75, 3.05) is 13.2 Å². The second-order valence-electron chi connectivity index (χ2n) is 4.93. The normalized spacial score (nSPS) is 28.2. The maximum atomic E-state index is 5.56. The molecule has 0 aliphatic carbocycles. The molecule has 90 valence electrons. The van der Waals surface area contributed by atoms with Crippen LogP contribution in [0.15, 0.2) is 0 Å². The second-order valence-corrected chi connectivity index (χ2v) is 4.93. The van der Waals surface area contributed by atoms with Crippen molar-refractivity contribution in [3.63, 3.8) is 0 Å². The molecule has 3 atom stereocenters. The van der Waals surface area contributed by atoms with Crippen LogP contribution in [0.5, 0.6) is 0 Å². The summed E-state index contributed by atoms with van der Waals surface area (Å²) in [5, 5.41) is 3.63. The molecule has 1 rings (SSSR count). The van der Waals surface area contributed by atoms with E-state index in [-0.39, 0.29) is 0 Å². The molecule has 2 heteroatoms. The Morgan fingerprint density at radius 2 is 2.20 bits per heavy atom. The Kier molecular flexibility index (Phi) is 6.26. The molecule has 1 heterocycles. The Morgan fingerprint density at radius 3 is 2.80 bits per heavy atom. The summed E-state index contributed by atoms with van der Waals surface area (Å²) in [6, 6.07) is 0.671. The largest absolute Gasteiger partial charge is 0.378 e. The van der Waals surface area contributed by atoms with Gasteiger partial charge in [0.2, 0.25) is 0 Å². The quantitative estimate of drug-likeness (QED) is 0.656. The van der Waals surface area contributed by atoms with Crippen molar-refractivity contribution in [1.29, 1.82) is 0 Å². The van der Waals surface area contributed by atoms with Crippen molar-refractivity contribution in [3.8, 4) is 0 Å². The van der Waals surface area contributed by atoms with Crippen LogP contribution >= 0.6 is 0 Å². The van der Waals surface area contributed by atoms with Gasteiger partial charge in [0.05, 0.1) is 6.10 Å². The lowest BCUT2D eigenvalue weighted by Gasteiger charge is -2.19. The zero-order valence-electron chi connectivity index (χ0n) is 10.6. The van der Waals surface area contributed by atoms with E-state index in [2.05, 4.69) is 26.1 Å². The first-order valence-corrected chi connectivity index (χ1v) is 6.59. The van der Waals surface area contributed by atoms with E-state index in [1.807, 2.05) is 0 Å². The Bertz CT molecular complexity index is 161. The first-order valence-electron chi connectivity index (χ1n) is 6.59. The third-order valence-electron chi connectivity index (χ3n) is 3.50. The Labute approximate surface area is 94.8 Å². The molecule has 1 fully saturated rings. The predicted molar refractivity (Wildman–Crippen MR) is 65.1 cm³/mol. The summed E-state index contributed by atoms with van der Waals surface area (Å²) in [4.78, 5) is 0. The molecule has 1 N–H and O–H groups in total. The van der Waals surface area contributed by atoms with Crippen LogP contribution in [0.25, 0.3) is 0 Å². The average Bonchev–Trinajstić information content (AvgIpc) is 2.61. The molecule has 3 unspecified atom stereocenters. The fourth-order valence-corrected chi connectivity index (χ4v) is 2.20. The molecule has 0 aromatic carbocycles. The van der Waals surface area contributed by atoms with Crippen LogP contribution in [0, 0.1) is 5.92 Å². The zero-order chi connectivity index (χ0) is 11.1. The van der Waals surface area contributed by atoms with Crippen molar-refractivity contribution < 1.29 is 4.74 Å². The highest BCUT2D eigenvalue weighted by Crippen LogP contribution is 2.19. The van der Waals surface area contributed by atoms with Gasteiger partial charge in [-0.2, -0.15) is 0 Å². The van der Waals surface area contributed by atoms with Gasteiger partial charge in [-0.05, 0) is 32.6 Å². The van der Waals surface area contributed by atoms with Crippen molar-refractivity contribution in [2.45, 2.75) is 65.0 Å². The number of hydrogen-bond donors (Lipinski definition) is 1. The van der Waals surface area contributed by atoms with Crippen LogP contribution in [-0.4, -0.2) is 25.3 Å². The lowest BCUT2D eigenvalue weighted by atomic mass is 10.0. The summed E-state index contributed by atoms with van der Waals surface area (Å²) in [6.07, 6.45) is 7.06. The molecule has 1 aliphatic heterocycles. The van der Waals surface area contributed by atoms with E-state index in [4.69, 9.17) is 4.74 Å². The topological polar surface area (TPSA) is 21.3 Å². The van der Waals surface area contributed by atoms with Gasteiger partial charge in [-0.3, -0.25) is 0 Å². The summed E-state index contributed by atoms with van der Waals surface area (Å²) in [6.45, 7) is 8.85. The minimum absolute atomic E-state index is 0.459. The molecule has 0 bridgehead atoms. The molecule has 0 amide bonds. The smallest absolute Gasteiger partial charge is 0.0588 e. The van der Waals surface area contributed by atoms with Gasteiger partial charge in [0.1, 0.15) is 0 Å². The summed E-state index contributed by atoms with van der Waals surface area (Å²) in [5.74, 6) is 0.735. The van der Waals surface area contributed by atoms with Gasteiger partial charge in [-0.1, -0.05) is 26.2 Å². The van der Waals surface area contributed by atoms with E-state index in [0.29, 0.717) is 12.1 Å². The molecule has 0 aromatic rings. The highest BCUT2D eigenvalue weighted by Gasteiger charge is 2.23. The van der Waals surface area contributed by atoms with Gasteiger partial charge in [0, 0.05) is 19.2 Å². The molecule has 0 spiro atoms. The molecule has 2 nitrogen and oxygen atoms in total. The van der Waals surface area contributed by atoms with Crippen LogP contribution in [-0.2, 0) is 4.74 Å². The molecule has 15 heavy (non-hydrogen) atoms. The predicted octanol–water partition coefficient (Wildman–Crippen LogP) is 2.97. The number of ether oxygens (including phenoxy) is 1. The average molecular weight is 213 g/mol. The third-order valence-corrected chi connectivity index (χ3v) is 3.50. The number of unbranched alkanes of at least 4 members (excludes halogenated alkanes) is 2. The van der Waals surface area contributed by atoms with E-state index in [1.54, 1.807) is 0 Å². The van der Waals surface area contributed by atoms with Crippen LogP contribution < -0.4 is 5.32 Å². The van der Waals surface area contributed by atoms with Crippen molar-refractivity contribution in [1.82, 2.24) is 5.32 Å². The maximum Gasteiger partial charge on any atom is 0.0588 e. The molecule has 1 aliphatic rings. The monoisotopic (exact) mass is 213 g/mol. The van der Waals surface area contributed by atoms with Gasteiger partial charge in [0.25, 0.3) is 0 Å². The van der Waals surface area contributed by atoms with Crippen LogP contribution in [0.2, 0.25) is 0 Å². The van der Waals surface area contributed by atoms with Gasteiger partial charge in [-0.25, -0.2) is 0 Å². The molecular weight excluding hydrogens is 186 g/mol. The maximum absolute atomic E-state index is 5.56. The van der Waals surface area contributed by atoms with E-state index >= 15 is 0 Å². The number of nitrogens with one attached hydrogen (secondary N) is 1. The summed E-state index contributed by atoms with van der Waals surface area (Å²) in [7, 11) is 0. The van der Waals surface area contributed by atoms with Crippen LogP contribution in [0.3, 0.4) is 0 Å². The minimum Gasteiger partial charge on any atom is -0.378 e. The molecule has 0 aromatic heterocycles. The van der Waals surface area contributed by atoms with E-state index in [9.17, 15) is 0 Å². The van der Waals surface area contributed by atoms with E-state index in [0.717, 1.165) is 19.1 Å². The van der Waals surface area contributed by atoms with Crippen molar-refractivity contribution >= 4 is 0 Å². The fraction of sp³-hybridized carbons (Fsp3) is 1.00. The van der Waals surface area contributed by atoms with E-state index < -0.39 is 0 Å². The minimum atomic E-state index is 0.459. The van der Waals surface area contributed by atoms with Crippen LogP contribution in [0.1, 0.15) is 52.9 Å². The zero-order valence-corrected chi connectivity index (χ0v) is 10.6. The van der Waals surface area contributed by atoms with Gasteiger partial charge >= 0.3 is 0 Å². The number of rotatable bonds is 7. The second kappa shape index (κ2) is 7.24. The Balaban J connectivity index is 2.03. The Hall–Kier alpha value is -0.0800. The lowest BCUT2D eigenvalue weighted by molar-refractivity contribution is 0.105. The first kappa shape index (κ1) is 13.0. The third kappa shape index (κ3) is 4.98. The van der Waals surface area contributed by atoms with Gasteiger partial charge in [-0.15, -0.1) is 0 Å². The fourth-order valence-electron chi connectivity index (χ4n) is 2.20. The first-order chi connectivity index (χ1) is 7.24. The van der Waals surface area contributed by atoms with Gasteiger partial charge < -0.3 is 10.1 Å². The summed E-state index contributed by atoms with van der Waals surface area (Å²) >= 11 is 0. The molecule has 0 radical (unpaired) electrons. The standard InChI is InChI=1S/C13H27NO/c1-4-5-6-7-11(2)14-10-13-8-9-15-12(13)3/h11-14H,4-10H2,1-3H3. The molecule has 1 saturated heterocycles. The van der Waals surface area contributed by atoms with Gasteiger partial charge in [0.15, 0.2) is 0 Å². The van der Waals surface area contributed by atoms with E-state index in [1.165, 1.54) is 32.1 Å². The SMILES string of the molecule is CCCCCC(C)NCC1CCOC1C. The lowest BCUT2D eigenvalue weighted by Crippen LogP contribution is -2.33. The molecular formula is C13H27NO. The molecule has 0 saturated carbocycles. The highest BCUT2D eigenvalue weighted by atomic mass is 16.5. The Morgan fingerprint density at radius 1 is 1.40 bits per heavy atom. The highest BCUT2D eigenvalue weighted by molar-refractivity contribution is 4.75. The van der Waals surface area contributed by atoms with Crippen LogP contribution in [0.4, 0.5) is 0 Å². The summed E-state index contributed by atoms with van der Waals surface area (Å²) in [5.41, 5.74) is 0.